The lowest BCUT2D eigenvalue weighted by atomic mass is 9.84. The van der Waals surface area contributed by atoms with Gasteiger partial charge in [-0.1, -0.05) is 32.6 Å². The highest BCUT2D eigenvalue weighted by atomic mass is 16.4. The molecule has 1 saturated heterocycles. The molecule has 1 aliphatic heterocycles. The van der Waals surface area contributed by atoms with E-state index < -0.39 is 12.0 Å². The van der Waals surface area contributed by atoms with E-state index in [1.807, 2.05) is 0 Å². The lowest BCUT2D eigenvalue weighted by molar-refractivity contribution is -0.141. The second kappa shape index (κ2) is 6.95. The summed E-state index contributed by atoms with van der Waals surface area (Å²) in [4.78, 5) is 25.4. The van der Waals surface area contributed by atoms with Crippen LogP contribution in [0.1, 0.15) is 51.9 Å². The minimum absolute atomic E-state index is 0.0924. The summed E-state index contributed by atoms with van der Waals surface area (Å²) in [6.07, 6.45) is 7.27. The van der Waals surface area contributed by atoms with Crippen molar-refractivity contribution in [2.45, 2.75) is 57.9 Å². The zero-order valence-corrected chi connectivity index (χ0v) is 12.3. The second-order valence-corrected chi connectivity index (χ2v) is 6.17. The SMILES string of the molecule is CCC1CCN(C(=O)NC(C(=O)O)C2CCCCC2)C1. The lowest BCUT2D eigenvalue weighted by Crippen LogP contribution is -2.51. The summed E-state index contributed by atoms with van der Waals surface area (Å²) in [5, 5.41) is 12.1. The molecule has 1 aliphatic carbocycles. The van der Waals surface area contributed by atoms with Crippen molar-refractivity contribution in [1.82, 2.24) is 10.2 Å². The van der Waals surface area contributed by atoms with Gasteiger partial charge in [0.25, 0.3) is 0 Å². The molecule has 0 bridgehead atoms. The number of amides is 2. The van der Waals surface area contributed by atoms with Crippen LogP contribution in [-0.4, -0.2) is 41.1 Å². The Morgan fingerprint density at radius 3 is 2.50 bits per heavy atom. The predicted octanol–water partition coefficient (Wildman–Crippen LogP) is 2.46. The van der Waals surface area contributed by atoms with Crippen molar-refractivity contribution >= 4 is 12.0 Å². The summed E-state index contributed by atoms with van der Waals surface area (Å²) in [6.45, 7) is 3.65. The minimum atomic E-state index is -0.892. The zero-order valence-electron chi connectivity index (χ0n) is 12.3. The summed E-state index contributed by atoms with van der Waals surface area (Å²) in [7, 11) is 0. The molecule has 2 N–H and O–H groups in total. The minimum Gasteiger partial charge on any atom is -0.480 e. The molecule has 5 heteroatoms. The van der Waals surface area contributed by atoms with Crippen molar-refractivity contribution < 1.29 is 14.7 Å². The highest BCUT2D eigenvalue weighted by molar-refractivity contribution is 5.83. The van der Waals surface area contributed by atoms with E-state index in [-0.39, 0.29) is 11.9 Å². The molecule has 2 amide bonds. The van der Waals surface area contributed by atoms with Gasteiger partial charge < -0.3 is 15.3 Å². The van der Waals surface area contributed by atoms with Gasteiger partial charge >= 0.3 is 12.0 Å². The molecule has 0 spiro atoms. The van der Waals surface area contributed by atoms with E-state index in [1.54, 1.807) is 4.90 Å². The number of nitrogens with zero attached hydrogens (tertiary/aromatic N) is 1. The van der Waals surface area contributed by atoms with Gasteiger partial charge in [-0.3, -0.25) is 0 Å². The second-order valence-electron chi connectivity index (χ2n) is 6.17. The normalized spacial score (nSPS) is 25.4. The first kappa shape index (κ1) is 15.1. The fourth-order valence-corrected chi connectivity index (χ4v) is 3.42. The number of hydrogen-bond donors (Lipinski definition) is 2. The van der Waals surface area contributed by atoms with Gasteiger partial charge in [0, 0.05) is 13.1 Å². The van der Waals surface area contributed by atoms with E-state index in [0.29, 0.717) is 5.92 Å². The Balaban J connectivity index is 1.90. The number of hydrogen-bond acceptors (Lipinski definition) is 2. The van der Waals surface area contributed by atoms with Crippen LogP contribution < -0.4 is 5.32 Å². The van der Waals surface area contributed by atoms with Crippen LogP contribution in [0.5, 0.6) is 0 Å². The van der Waals surface area contributed by atoms with Crippen LogP contribution in [0.15, 0.2) is 0 Å². The average molecular weight is 282 g/mol. The van der Waals surface area contributed by atoms with Gasteiger partial charge in [0.05, 0.1) is 0 Å². The van der Waals surface area contributed by atoms with Gasteiger partial charge in [-0.05, 0) is 31.1 Å². The molecule has 2 fully saturated rings. The van der Waals surface area contributed by atoms with Crippen LogP contribution >= 0.6 is 0 Å². The quantitative estimate of drug-likeness (QED) is 0.832. The van der Waals surface area contributed by atoms with Crippen LogP contribution in [0.3, 0.4) is 0 Å². The van der Waals surface area contributed by atoms with Crippen LogP contribution in [0.2, 0.25) is 0 Å². The molecule has 0 aromatic heterocycles. The Bertz CT molecular complexity index is 353. The van der Waals surface area contributed by atoms with Crippen molar-refractivity contribution in [1.29, 1.82) is 0 Å². The summed E-state index contributed by atoms with van der Waals surface area (Å²) >= 11 is 0. The number of carboxylic acid groups (broad SMARTS) is 1. The van der Waals surface area contributed by atoms with Crippen molar-refractivity contribution in [3.05, 3.63) is 0 Å². The van der Waals surface area contributed by atoms with Gasteiger partial charge in [-0.2, -0.15) is 0 Å². The third-order valence-corrected chi connectivity index (χ3v) is 4.82. The summed E-state index contributed by atoms with van der Waals surface area (Å²) in [5.41, 5.74) is 0. The number of nitrogens with one attached hydrogen (secondary N) is 1. The van der Waals surface area contributed by atoms with Gasteiger partial charge in [0.15, 0.2) is 0 Å². The summed E-state index contributed by atoms with van der Waals surface area (Å²) in [5.74, 6) is -0.232. The van der Waals surface area contributed by atoms with E-state index in [0.717, 1.165) is 51.6 Å². The molecule has 20 heavy (non-hydrogen) atoms. The molecule has 0 aromatic rings. The summed E-state index contributed by atoms with van der Waals surface area (Å²) < 4.78 is 0. The van der Waals surface area contributed by atoms with Crippen LogP contribution in [-0.2, 0) is 4.79 Å². The maximum atomic E-state index is 12.2. The molecule has 2 rings (SSSR count). The number of aliphatic carboxylic acids is 1. The summed E-state index contributed by atoms with van der Waals surface area (Å²) in [6, 6.07) is -0.914. The van der Waals surface area contributed by atoms with E-state index in [9.17, 15) is 14.7 Å². The predicted molar refractivity (Wildman–Crippen MR) is 76.5 cm³/mol. The zero-order chi connectivity index (χ0) is 14.5. The van der Waals surface area contributed by atoms with Gasteiger partial charge in [0.1, 0.15) is 6.04 Å². The Labute approximate surface area is 120 Å². The molecule has 0 radical (unpaired) electrons. The Kier molecular flexibility index (Phi) is 5.26. The topological polar surface area (TPSA) is 69.6 Å². The van der Waals surface area contributed by atoms with Crippen LogP contribution in [0.25, 0.3) is 0 Å². The molecule has 5 nitrogen and oxygen atoms in total. The third-order valence-electron chi connectivity index (χ3n) is 4.82. The first-order chi connectivity index (χ1) is 9.61. The fraction of sp³-hybridized carbons (Fsp3) is 0.867. The van der Waals surface area contributed by atoms with Gasteiger partial charge in [-0.15, -0.1) is 0 Å². The monoisotopic (exact) mass is 282 g/mol. The standard InChI is InChI=1S/C15H26N2O3/c1-2-11-8-9-17(10-11)15(20)16-13(14(18)19)12-6-4-3-5-7-12/h11-13H,2-10H2,1H3,(H,16,20)(H,18,19). The fourth-order valence-electron chi connectivity index (χ4n) is 3.42. The number of carboxylic acids is 1. The molecule has 2 atom stereocenters. The van der Waals surface area contributed by atoms with E-state index in [1.165, 1.54) is 6.42 Å². The number of likely N-dealkylation sites (tertiary alicyclic amines) is 1. The van der Waals surface area contributed by atoms with Gasteiger partial charge in [0.2, 0.25) is 0 Å². The Morgan fingerprint density at radius 1 is 1.25 bits per heavy atom. The number of carbonyl (C=O) groups is 2. The molecular weight excluding hydrogens is 256 g/mol. The number of rotatable bonds is 4. The molecule has 2 aliphatic rings. The van der Waals surface area contributed by atoms with Crippen molar-refractivity contribution in [3.63, 3.8) is 0 Å². The van der Waals surface area contributed by atoms with Crippen molar-refractivity contribution in [3.8, 4) is 0 Å². The maximum Gasteiger partial charge on any atom is 0.326 e. The largest absolute Gasteiger partial charge is 0.480 e. The third kappa shape index (κ3) is 3.64. The first-order valence-electron chi connectivity index (χ1n) is 7.90. The van der Waals surface area contributed by atoms with E-state index >= 15 is 0 Å². The van der Waals surface area contributed by atoms with Crippen molar-refractivity contribution in [2.75, 3.05) is 13.1 Å². The van der Waals surface area contributed by atoms with E-state index in [2.05, 4.69) is 12.2 Å². The lowest BCUT2D eigenvalue weighted by Gasteiger charge is -2.29. The number of carbonyl (C=O) groups excluding carboxylic acids is 1. The molecule has 1 saturated carbocycles. The molecule has 1 heterocycles. The van der Waals surface area contributed by atoms with E-state index in [4.69, 9.17) is 0 Å². The first-order valence-corrected chi connectivity index (χ1v) is 7.90. The van der Waals surface area contributed by atoms with Gasteiger partial charge in [-0.25, -0.2) is 9.59 Å². The highest BCUT2D eigenvalue weighted by Crippen LogP contribution is 2.27. The maximum absolute atomic E-state index is 12.2. The van der Waals surface area contributed by atoms with Crippen LogP contribution in [0, 0.1) is 11.8 Å². The molecule has 114 valence electrons. The average Bonchev–Trinajstić information content (AvgIpc) is 2.94. The molecular formula is C15H26N2O3. The highest BCUT2D eigenvalue weighted by Gasteiger charge is 2.33. The number of urea groups is 1. The Hall–Kier alpha value is -1.26. The molecule has 2 unspecified atom stereocenters. The molecule has 0 aromatic carbocycles. The van der Waals surface area contributed by atoms with Crippen molar-refractivity contribution in [2.24, 2.45) is 11.8 Å². The van der Waals surface area contributed by atoms with Crippen LogP contribution in [0.4, 0.5) is 4.79 Å². The Morgan fingerprint density at radius 2 is 1.95 bits per heavy atom. The smallest absolute Gasteiger partial charge is 0.326 e.